The first-order chi connectivity index (χ1) is 6.65. The van der Waals surface area contributed by atoms with Crippen LogP contribution in [0, 0.1) is 12.3 Å². The Morgan fingerprint density at radius 1 is 1.64 bits per heavy atom. The maximum absolute atomic E-state index is 11.7. The van der Waals surface area contributed by atoms with Crippen LogP contribution in [0.5, 0.6) is 0 Å². The number of carbonyl (C=O) groups is 1. The minimum Gasteiger partial charge on any atom is -0.337 e. The van der Waals surface area contributed by atoms with E-state index >= 15 is 0 Å². The van der Waals surface area contributed by atoms with Crippen LogP contribution in [0.25, 0.3) is 0 Å². The minimum absolute atomic E-state index is 0.184. The lowest BCUT2D eigenvalue weighted by Crippen LogP contribution is -2.56. The second kappa shape index (κ2) is 5.02. The third-order valence-electron chi connectivity index (χ3n) is 2.57. The van der Waals surface area contributed by atoms with Crippen LogP contribution in [0.15, 0.2) is 0 Å². The smallest absolute Gasteiger partial charge is 0.223 e. The van der Waals surface area contributed by atoms with Crippen molar-refractivity contribution in [2.45, 2.75) is 38.8 Å². The van der Waals surface area contributed by atoms with Gasteiger partial charge in [-0.1, -0.05) is 0 Å². The van der Waals surface area contributed by atoms with Gasteiger partial charge in [0.1, 0.15) is 0 Å². The first kappa shape index (κ1) is 11.1. The van der Waals surface area contributed by atoms with Crippen molar-refractivity contribution >= 4 is 5.91 Å². The van der Waals surface area contributed by atoms with Crippen molar-refractivity contribution in [1.29, 1.82) is 0 Å². The van der Waals surface area contributed by atoms with Gasteiger partial charge in [-0.3, -0.25) is 4.79 Å². The lowest BCUT2D eigenvalue weighted by Gasteiger charge is -2.37. The molecule has 2 unspecified atom stereocenters. The van der Waals surface area contributed by atoms with Crippen LogP contribution in [0.1, 0.15) is 26.7 Å². The molecule has 0 aromatic heterocycles. The quantitative estimate of drug-likeness (QED) is 0.653. The third-order valence-corrected chi connectivity index (χ3v) is 2.57. The highest BCUT2D eigenvalue weighted by Crippen LogP contribution is 2.09. The SMILES string of the molecule is C#CCCC(=O)N1CC(C)NCC1C. The molecule has 3 heteroatoms. The predicted octanol–water partition coefficient (Wildman–Crippen LogP) is 0.609. The highest BCUT2D eigenvalue weighted by atomic mass is 16.2. The van der Waals surface area contributed by atoms with Gasteiger partial charge in [-0.15, -0.1) is 12.3 Å². The molecule has 0 radical (unpaired) electrons. The Bertz CT molecular complexity index is 244. The van der Waals surface area contributed by atoms with Gasteiger partial charge in [0.2, 0.25) is 5.91 Å². The van der Waals surface area contributed by atoms with E-state index in [0.29, 0.717) is 18.9 Å². The number of carbonyl (C=O) groups excluding carboxylic acids is 1. The summed E-state index contributed by atoms with van der Waals surface area (Å²) in [6.07, 6.45) is 6.16. The van der Waals surface area contributed by atoms with E-state index in [2.05, 4.69) is 25.1 Å². The Hall–Kier alpha value is -1.01. The summed E-state index contributed by atoms with van der Waals surface area (Å²) in [5, 5.41) is 3.34. The summed E-state index contributed by atoms with van der Waals surface area (Å²) in [5.74, 6) is 2.68. The van der Waals surface area contributed by atoms with Gasteiger partial charge in [0, 0.05) is 38.0 Å². The molecule has 1 fully saturated rings. The first-order valence-electron chi connectivity index (χ1n) is 5.11. The van der Waals surface area contributed by atoms with Crippen LogP contribution in [0.3, 0.4) is 0 Å². The lowest BCUT2D eigenvalue weighted by molar-refractivity contribution is -0.134. The second-order valence-electron chi connectivity index (χ2n) is 3.91. The highest BCUT2D eigenvalue weighted by Gasteiger charge is 2.25. The van der Waals surface area contributed by atoms with Gasteiger partial charge in [0.15, 0.2) is 0 Å². The molecule has 1 saturated heterocycles. The van der Waals surface area contributed by atoms with Crippen LogP contribution < -0.4 is 5.32 Å². The number of nitrogens with one attached hydrogen (secondary N) is 1. The van der Waals surface area contributed by atoms with Crippen molar-refractivity contribution < 1.29 is 4.79 Å². The van der Waals surface area contributed by atoms with Gasteiger partial charge >= 0.3 is 0 Å². The van der Waals surface area contributed by atoms with Crippen molar-refractivity contribution in [3.05, 3.63) is 0 Å². The van der Waals surface area contributed by atoms with Gasteiger partial charge in [-0.25, -0.2) is 0 Å². The molecular formula is C11H18N2O. The number of terminal acetylenes is 1. The molecule has 0 aromatic rings. The summed E-state index contributed by atoms with van der Waals surface area (Å²) >= 11 is 0. The van der Waals surface area contributed by atoms with E-state index < -0.39 is 0 Å². The maximum Gasteiger partial charge on any atom is 0.223 e. The van der Waals surface area contributed by atoms with E-state index in [9.17, 15) is 4.79 Å². The molecule has 1 amide bonds. The van der Waals surface area contributed by atoms with Gasteiger partial charge < -0.3 is 10.2 Å². The molecule has 1 aliphatic rings. The first-order valence-corrected chi connectivity index (χ1v) is 5.11. The van der Waals surface area contributed by atoms with Crippen LogP contribution in [-0.4, -0.2) is 36.0 Å². The van der Waals surface area contributed by atoms with Gasteiger partial charge in [-0.05, 0) is 13.8 Å². The number of hydrogen-bond donors (Lipinski definition) is 1. The van der Waals surface area contributed by atoms with Crippen LogP contribution in [-0.2, 0) is 4.79 Å². The van der Waals surface area contributed by atoms with E-state index in [1.54, 1.807) is 0 Å². The Kier molecular flexibility index (Phi) is 3.97. The molecule has 0 spiro atoms. The Morgan fingerprint density at radius 2 is 2.36 bits per heavy atom. The summed E-state index contributed by atoms with van der Waals surface area (Å²) in [7, 11) is 0. The maximum atomic E-state index is 11.7. The number of amides is 1. The largest absolute Gasteiger partial charge is 0.337 e. The molecule has 1 N–H and O–H groups in total. The van der Waals surface area contributed by atoms with Crippen molar-refractivity contribution in [3.8, 4) is 12.3 Å². The van der Waals surface area contributed by atoms with Gasteiger partial charge in [0.25, 0.3) is 0 Å². The fourth-order valence-corrected chi connectivity index (χ4v) is 1.69. The van der Waals surface area contributed by atoms with E-state index in [-0.39, 0.29) is 11.9 Å². The van der Waals surface area contributed by atoms with Crippen LogP contribution >= 0.6 is 0 Å². The molecule has 1 aliphatic heterocycles. The third kappa shape index (κ3) is 2.74. The molecule has 14 heavy (non-hydrogen) atoms. The fourth-order valence-electron chi connectivity index (χ4n) is 1.69. The van der Waals surface area contributed by atoms with Crippen LogP contribution in [0.4, 0.5) is 0 Å². The van der Waals surface area contributed by atoms with Crippen molar-refractivity contribution in [2.75, 3.05) is 13.1 Å². The van der Waals surface area contributed by atoms with Crippen LogP contribution in [0.2, 0.25) is 0 Å². The predicted molar refractivity (Wildman–Crippen MR) is 56.7 cm³/mol. The van der Waals surface area contributed by atoms with Crippen molar-refractivity contribution in [2.24, 2.45) is 0 Å². The zero-order valence-electron chi connectivity index (χ0n) is 8.92. The van der Waals surface area contributed by atoms with Gasteiger partial charge in [0.05, 0.1) is 0 Å². The molecule has 2 atom stereocenters. The summed E-state index contributed by atoms with van der Waals surface area (Å²) in [6, 6.07) is 0.678. The summed E-state index contributed by atoms with van der Waals surface area (Å²) in [6.45, 7) is 5.83. The van der Waals surface area contributed by atoms with E-state index in [0.717, 1.165) is 13.1 Å². The average molecular weight is 194 g/mol. The highest BCUT2D eigenvalue weighted by molar-refractivity contribution is 5.77. The molecule has 3 nitrogen and oxygen atoms in total. The average Bonchev–Trinajstić information content (AvgIpc) is 2.18. The molecule has 1 heterocycles. The second-order valence-corrected chi connectivity index (χ2v) is 3.91. The summed E-state index contributed by atoms with van der Waals surface area (Å²) in [5.41, 5.74) is 0. The molecule has 0 saturated carbocycles. The fraction of sp³-hybridized carbons (Fsp3) is 0.727. The molecular weight excluding hydrogens is 176 g/mol. The zero-order valence-corrected chi connectivity index (χ0v) is 8.92. The Labute approximate surface area is 85.9 Å². The number of hydrogen-bond acceptors (Lipinski definition) is 2. The van der Waals surface area contributed by atoms with E-state index in [1.165, 1.54) is 0 Å². The van der Waals surface area contributed by atoms with Crippen molar-refractivity contribution in [1.82, 2.24) is 10.2 Å². The summed E-state index contributed by atoms with van der Waals surface area (Å²) in [4.78, 5) is 13.6. The normalized spacial score (nSPS) is 27.1. The Balaban J connectivity index is 2.48. The topological polar surface area (TPSA) is 32.3 Å². The van der Waals surface area contributed by atoms with E-state index in [4.69, 9.17) is 6.42 Å². The number of piperazine rings is 1. The molecule has 0 aliphatic carbocycles. The van der Waals surface area contributed by atoms with E-state index in [1.807, 2.05) is 4.90 Å². The van der Waals surface area contributed by atoms with Gasteiger partial charge in [-0.2, -0.15) is 0 Å². The summed E-state index contributed by atoms with van der Waals surface area (Å²) < 4.78 is 0. The number of rotatable bonds is 2. The molecule has 78 valence electrons. The lowest BCUT2D eigenvalue weighted by atomic mass is 10.1. The molecule has 0 bridgehead atoms. The monoisotopic (exact) mass is 194 g/mol. The standard InChI is InChI=1S/C11H18N2O/c1-4-5-6-11(14)13-8-9(2)12-7-10(13)3/h1,9-10,12H,5-8H2,2-3H3. The van der Waals surface area contributed by atoms with Crippen molar-refractivity contribution in [3.63, 3.8) is 0 Å². The number of nitrogens with zero attached hydrogens (tertiary/aromatic N) is 1. The molecule has 0 aromatic carbocycles. The molecule has 1 rings (SSSR count). The Morgan fingerprint density at radius 3 is 3.00 bits per heavy atom. The minimum atomic E-state index is 0.184. The zero-order chi connectivity index (χ0) is 10.6.